The second-order valence-electron chi connectivity index (χ2n) is 5.69. The van der Waals surface area contributed by atoms with Crippen LogP contribution in [0.4, 0.5) is 0 Å². The number of rotatable bonds is 16. The molecule has 0 amide bonds. The SMILES string of the molecule is CC(=O)CCCCCCCNCCCCCCCC=O. The third-order valence-corrected chi connectivity index (χ3v) is 3.56. The first-order valence-electron chi connectivity index (χ1n) is 8.41. The van der Waals surface area contributed by atoms with Crippen molar-refractivity contribution in [2.75, 3.05) is 13.1 Å². The van der Waals surface area contributed by atoms with Gasteiger partial charge in [0.15, 0.2) is 0 Å². The number of unbranched alkanes of at least 4 members (excludes halogenated alkanes) is 9. The van der Waals surface area contributed by atoms with E-state index < -0.39 is 0 Å². The first-order chi connectivity index (χ1) is 9.77. The minimum absolute atomic E-state index is 0.317. The van der Waals surface area contributed by atoms with E-state index in [2.05, 4.69) is 5.32 Å². The van der Waals surface area contributed by atoms with E-state index in [0.29, 0.717) is 5.78 Å². The van der Waals surface area contributed by atoms with E-state index in [4.69, 9.17) is 0 Å². The second kappa shape index (κ2) is 16.4. The molecule has 3 heteroatoms. The summed E-state index contributed by atoms with van der Waals surface area (Å²) in [6.45, 7) is 3.92. The zero-order valence-corrected chi connectivity index (χ0v) is 13.3. The summed E-state index contributed by atoms with van der Waals surface area (Å²) in [6, 6.07) is 0. The minimum atomic E-state index is 0.317. The Morgan fingerprint density at radius 2 is 1.30 bits per heavy atom. The van der Waals surface area contributed by atoms with Crippen molar-refractivity contribution in [1.29, 1.82) is 0 Å². The molecule has 0 unspecified atom stereocenters. The van der Waals surface area contributed by atoms with Crippen molar-refractivity contribution < 1.29 is 9.59 Å². The molecule has 0 heterocycles. The fourth-order valence-electron chi connectivity index (χ4n) is 2.29. The summed E-state index contributed by atoms with van der Waals surface area (Å²) in [5, 5.41) is 3.49. The van der Waals surface area contributed by atoms with Gasteiger partial charge in [-0.3, -0.25) is 0 Å². The van der Waals surface area contributed by atoms with Crippen LogP contribution in [0.5, 0.6) is 0 Å². The minimum Gasteiger partial charge on any atom is -0.317 e. The van der Waals surface area contributed by atoms with E-state index in [1.54, 1.807) is 6.92 Å². The molecule has 0 fully saturated rings. The molecular formula is C17H33NO2. The van der Waals surface area contributed by atoms with Crippen LogP contribution in [0.15, 0.2) is 0 Å². The topological polar surface area (TPSA) is 46.2 Å². The fourth-order valence-corrected chi connectivity index (χ4v) is 2.29. The molecule has 3 nitrogen and oxygen atoms in total. The standard InChI is InChI=1S/C17H33NO2/c1-17(20)13-9-5-4-7-11-15-18-14-10-6-2-3-8-12-16-19/h16,18H,2-15H2,1H3. The molecular weight excluding hydrogens is 250 g/mol. The zero-order chi connectivity index (χ0) is 14.9. The van der Waals surface area contributed by atoms with E-state index >= 15 is 0 Å². The zero-order valence-electron chi connectivity index (χ0n) is 13.3. The summed E-state index contributed by atoms with van der Waals surface area (Å²) in [6.07, 6.45) is 14.6. The molecule has 0 aliphatic carbocycles. The Kier molecular flexibility index (Phi) is 15.8. The van der Waals surface area contributed by atoms with Crippen LogP contribution in [0, 0.1) is 0 Å². The molecule has 118 valence electrons. The van der Waals surface area contributed by atoms with Gasteiger partial charge in [0.25, 0.3) is 0 Å². The summed E-state index contributed by atoms with van der Waals surface area (Å²) in [4.78, 5) is 20.9. The van der Waals surface area contributed by atoms with Gasteiger partial charge in [-0.2, -0.15) is 0 Å². The van der Waals surface area contributed by atoms with Crippen LogP contribution < -0.4 is 5.32 Å². The molecule has 20 heavy (non-hydrogen) atoms. The van der Waals surface area contributed by atoms with Crippen LogP contribution in [-0.4, -0.2) is 25.2 Å². The highest BCUT2D eigenvalue weighted by atomic mass is 16.1. The van der Waals surface area contributed by atoms with Crippen molar-refractivity contribution in [2.45, 2.75) is 84.0 Å². The highest BCUT2D eigenvalue weighted by Crippen LogP contribution is 2.06. The van der Waals surface area contributed by atoms with Gasteiger partial charge < -0.3 is 14.9 Å². The Bertz CT molecular complexity index is 229. The highest BCUT2D eigenvalue weighted by Gasteiger charge is 1.95. The summed E-state index contributed by atoms with van der Waals surface area (Å²) >= 11 is 0. The summed E-state index contributed by atoms with van der Waals surface area (Å²) < 4.78 is 0. The van der Waals surface area contributed by atoms with E-state index in [0.717, 1.165) is 45.1 Å². The van der Waals surface area contributed by atoms with Crippen molar-refractivity contribution in [1.82, 2.24) is 5.32 Å². The Labute approximate surface area is 124 Å². The van der Waals surface area contributed by atoms with Crippen LogP contribution in [0.1, 0.15) is 84.0 Å². The monoisotopic (exact) mass is 283 g/mol. The number of hydrogen-bond donors (Lipinski definition) is 1. The average Bonchev–Trinajstić information content (AvgIpc) is 2.43. The van der Waals surface area contributed by atoms with Crippen LogP contribution >= 0.6 is 0 Å². The van der Waals surface area contributed by atoms with Crippen molar-refractivity contribution in [3.63, 3.8) is 0 Å². The van der Waals surface area contributed by atoms with Gasteiger partial charge in [-0.05, 0) is 45.7 Å². The molecule has 0 spiro atoms. The molecule has 0 bridgehead atoms. The normalized spacial score (nSPS) is 10.7. The maximum absolute atomic E-state index is 10.8. The Balaban J connectivity index is 2.95. The second-order valence-corrected chi connectivity index (χ2v) is 5.69. The van der Waals surface area contributed by atoms with E-state index in [1.165, 1.54) is 51.4 Å². The van der Waals surface area contributed by atoms with Gasteiger partial charge in [0.1, 0.15) is 12.1 Å². The molecule has 0 aromatic heterocycles. The van der Waals surface area contributed by atoms with Crippen molar-refractivity contribution in [3.8, 4) is 0 Å². The molecule has 0 saturated carbocycles. The van der Waals surface area contributed by atoms with E-state index in [1.807, 2.05) is 0 Å². The number of hydrogen-bond acceptors (Lipinski definition) is 3. The molecule has 0 aromatic rings. The van der Waals surface area contributed by atoms with Crippen LogP contribution in [-0.2, 0) is 9.59 Å². The number of carbonyl (C=O) groups is 2. The summed E-state index contributed by atoms with van der Waals surface area (Å²) in [7, 11) is 0. The molecule has 0 rings (SSSR count). The summed E-state index contributed by atoms with van der Waals surface area (Å²) in [5.74, 6) is 0.317. The predicted octanol–water partition coefficient (Wildman–Crippen LogP) is 4.05. The largest absolute Gasteiger partial charge is 0.317 e. The molecule has 0 aromatic carbocycles. The van der Waals surface area contributed by atoms with Crippen molar-refractivity contribution >= 4 is 12.1 Å². The summed E-state index contributed by atoms with van der Waals surface area (Å²) in [5.41, 5.74) is 0. The number of Topliss-reactive ketones (excluding diaryl/α,β-unsaturated/α-hetero) is 1. The lowest BCUT2D eigenvalue weighted by molar-refractivity contribution is -0.117. The first-order valence-corrected chi connectivity index (χ1v) is 8.41. The quantitative estimate of drug-likeness (QED) is 0.343. The van der Waals surface area contributed by atoms with Crippen LogP contribution in [0.2, 0.25) is 0 Å². The Morgan fingerprint density at radius 1 is 0.800 bits per heavy atom. The van der Waals surface area contributed by atoms with Gasteiger partial charge in [0, 0.05) is 12.8 Å². The van der Waals surface area contributed by atoms with Gasteiger partial charge in [0.2, 0.25) is 0 Å². The van der Waals surface area contributed by atoms with Gasteiger partial charge in [-0.25, -0.2) is 0 Å². The molecule has 0 aliphatic heterocycles. The van der Waals surface area contributed by atoms with E-state index in [9.17, 15) is 9.59 Å². The first kappa shape index (κ1) is 19.3. The molecule has 0 atom stereocenters. The number of aldehydes is 1. The molecule has 1 N–H and O–H groups in total. The third kappa shape index (κ3) is 17.3. The van der Waals surface area contributed by atoms with Gasteiger partial charge in [0.05, 0.1) is 0 Å². The lowest BCUT2D eigenvalue weighted by atomic mass is 10.1. The van der Waals surface area contributed by atoms with Crippen molar-refractivity contribution in [2.24, 2.45) is 0 Å². The maximum atomic E-state index is 10.8. The lowest BCUT2D eigenvalue weighted by Crippen LogP contribution is -2.16. The third-order valence-electron chi connectivity index (χ3n) is 3.56. The smallest absolute Gasteiger partial charge is 0.129 e. The Morgan fingerprint density at radius 3 is 1.85 bits per heavy atom. The van der Waals surface area contributed by atoms with Gasteiger partial charge >= 0.3 is 0 Å². The molecule has 0 saturated heterocycles. The molecule has 0 radical (unpaired) electrons. The number of nitrogens with one attached hydrogen (secondary N) is 1. The highest BCUT2D eigenvalue weighted by molar-refractivity contribution is 5.75. The van der Waals surface area contributed by atoms with Crippen LogP contribution in [0.3, 0.4) is 0 Å². The number of ketones is 1. The van der Waals surface area contributed by atoms with Crippen molar-refractivity contribution in [3.05, 3.63) is 0 Å². The predicted molar refractivity (Wildman–Crippen MR) is 85.0 cm³/mol. The van der Waals surface area contributed by atoms with E-state index in [-0.39, 0.29) is 0 Å². The van der Waals surface area contributed by atoms with Gasteiger partial charge in [-0.15, -0.1) is 0 Å². The Hall–Kier alpha value is -0.700. The average molecular weight is 283 g/mol. The fraction of sp³-hybridized carbons (Fsp3) is 0.882. The van der Waals surface area contributed by atoms with Crippen LogP contribution in [0.25, 0.3) is 0 Å². The molecule has 0 aliphatic rings. The maximum Gasteiger partial charge on any atom is 0.129 e. The van der Waals surface area contributed by atoms with Gasteiger partial charge in [-0.1, -0.05) is 38.5 Å². The number of carbonyl (C=O) groups excluding carboxylic acids is 2. The lowest BCUT2D eigenvalue weighted by Gasteiger charge is -2.05.